The van der Waals surface area contributed by atoms with Crippen molar-refractivity contribution in [3.8, 4) is 0 Å². The van der Waals surface area contributed by atoms with E-state index in [0.717, 1.165) is 26.0 Å². The second-order valence-corrected chi connectivity index (χ2v) is 7.08. The Morgan fingerprint density at radius 3 is 2.94 bits per heavy atom. The zero-order chi connectivity index (χ0) is 13.0. The summed E-state index contributed by atoms with van der Waals surface area (Å²) in [6, 6.07) is 2.63. The van der Waals surface area contributed by atoms with Crippen molar-refractivity contribution >= 4 is 27.3 Å². The number of likely N-dealkylation sites (N-methyl/N-ethyl adjacent to an activating group) is 1. The molecule has 1 N–H and O–H groups in total. The zero-order valence-electron chi connectivity index (χ0n) is 11.2. The Balaban J connectivity index is 2.06. The third-order valence-corrected chi connectivity index (χ3v) is 5.43. The number of rotatable bonds is 5. The fraction of sp³-hybridized carbons (Fsp3) is 0.714. The fourth-order valence-corrected chi connectivity index (χ4v) is 4.14. The van der Waals surface area contributed by atoms with Crippen LogP contribution in [0.2, 0.25) is 0 Å². The molecular weight excluding hydrogens is 310 g/mol. The average Bonchev–Trinajstić information content (AvgIpc) is 2.75. The SMILES string of the molecule is CCNC(Cc1cc(Br)cs1)C1(C)CCCCO1. The number of halogens is 1. The van der Waals surface area contributed by atoms with Gasteiger partial charge in [-0.2, -0.15) is 0 Å². The second kappa shape index (κ2) is 6.51. The molecule has 0 aliphatic carbocycles. The average molecular weight is 332 g/mol. The van der Waals surface area contributed by atoms with Crippen LogP contribution in [0, 0.1) is 0 Å². The Labute approximate surface area is 122 Å². The molecule has 0 spiro atoms. The van der Waals surface area contributed by atoms with Crippen LogP contribution in [0.15, 0.2) is 15.9 Å². The maximum Gasteiger partial charge on any atom is 0.0810 e. The monoisotopic (exact) mass is 331 g/mol. The molecule has 4 heteroatoms. The van der Waals surface area contributed by atoms with E-state index in [4.69, 9.17) is 4.74 Å². The van der Waals surface area contributed by atoms with Crippen LogP contribution >= 0.6 is 27.3 Å². The summed E-state index contributed by atoms with van der Waals surface area (Å²) in [4.78, 5) is 1.42. The molecule has 18 heavy (non-hydrogen) atoms. The van der Waals surface area contributed by atoms with E-state index < -0.39 is 0 Å². The van der Waals surface area contributed by atoms with Crippen LogP contribution in [0.5, 0.6) is 0 Å². The first-order chi connectivity index (χ1) is 8.64. The van der Waals surface area contributed by atoms with Gasteiger partial charge in [0.1, 0.15) is 0 Å². The van der Waals surface area contributed by atoms with Gasteiger partial charge in [-0.05, 0) is 61.1 Å². The molecule has 1 aliphatic rings. The molecule has 0 radical (unpaired) electrons. The van der Waals surface area contributed by atoms with Crippen molar-refractivity contribution in [3.63, 3.8) is 0 Å². The van der Waals surface area contributed by atoms with Crippen molar-refractivity contribution in [2.75, 3.05) is 13.2 Å². The highest BCUT2D eigenvalue weighted by Gasteiger charge is 2.36. The smallest absolute Gasteiger partial charge is 0.0810 e. The molecule has 2 rings (SSSR count). The van der Waals surface area contributed by atoms with E-state index in [-0.39, 0.29) is 5.60 Å². The quantitative estimate of drug-likeness (QED) is 0.880. The highest BCUT2D eigenvalue weighted by molar-refractivity contribution is 9.10. The number of thiophene rings is 1. The Kier molecular flexibility index (Phi) is 5.24. The van der Waals surface area contributed by atoms with Crippen LogP contribution < -0.4 is 5.32 Å². The van der Waals surface area contributed by atoms with E-state index in [9.17, 15) is 0 Å². The number of hydrogen-bond acceptors (Lipinski definition) is 3. The topological polar surface area (TPSA) is 21.3 Å². The first kappa shape index (κ1) is 14.5. The normalized spacial score (nSPS) is 26.2. The van der Waals surface area contributed by atoms with Crippen LogP contribution in [0.3, 0.4) is 0 Å². The van der Waals surface area contributed by atoms with Crippen molar-refractivity contribution in [2.24, 2.45) is 0 Å². The van der Waals surface area contributed by atoms with Gasteiger partial charge in [-0.3, -0.25) is 0 Å². The van der Waals surface area contributed by atoms with E-state index in [1.165, 1.54) is 22.2 Å². The lowest BCUT2D eigenvalue weighted by atomic mass is 9.86. The fourth-order valence-electron chi connectivity index (χ4n) is 2.64. The molecule has 2 atom stereocenters. The van der Waals surface area contributed by atoms with Gasteiger partial charge in [-0.1, -0.05) is 6.92 Å². The Hall–Kier alpha value is 0.1000. The van der Waals surface area contributed by atoms with Crippen LogP contribution in [0.1, 0.15) is 38.0 Å². The minimum absolute atomic E-state index is 0.00920. The number of ether oxygens (including phenoxy) is 1. The lowest BCUT2D eigenvalue weighted by molar-refractivity contribution is -0.0879. The first-order valence-corrected chi connectivity index (χ1v) is 8.41. The van der Waals surface area contributed by atoms with Gasteiger partial charge in [-0.15, -0.1) is 11.3 Å². The summed E-state index contributed by atoms with van der Waals surface area (Å²) in [5.74, 6) is 0. The summed E-state index contributed by atoms with van der Waals surface area (Å²) in [6.07, 6.45) is 4.71. The second-order valence-electron chi connectivity index (χ2n) is 5.16. The molecule has 0 amide bonds. The lowest BCUT2D eigenvalue weighted by Crippen LogP contribution is -2.53. The van der Waals surface area contributed by atoms with Crippen LogP contribution in [0.4, 0.5) is 0 Å². The van der Waals surface area contributed by atoms with Crippen molar-refractivity contribution in [1.82, 2.24) is 5.32 Å². The van der Waals surface area contributed by atoms with Crippen LogP contribution in [-0.4, -0.2) is 24.8 Å². The summed E-state index contributed by atoms with van der Waals surface area (Å²) in [7, 11) is 0. The predicted molar refractivity (Wildman–Crippen MR) is 81.4 cm³/mol. The summed E-state index contributed by atoms with van der Waals surface area (Å²) in [5, 5.41) is 5.77. The highest BCUT2D eigenvalue weighted by atomic mass is 79.9. The molecule has 1 saturated heterocycles. The highest BCUT2D eigenvalue weighted by Crippen LogP contribution is 2.31. The van der Waals surface area contributed by atoms with Gasteiger partial charge in [0.05, 0.1) is 5.60 Å². The lowest BCUT2D eigenvalue weighted by Gasteiger charge is -2.41. The number of hydrogen-bond donors (Lipinski definition) is 1. The zero-order valence-corrected chi connectivity index (χ0v) is 13.6. The summed E-state index contributed by atoms with van der Waals surface area (Å²) < 4.78 is 7.28. The molecule has 1 fully saturated rings. The van der Waals surface area contributed by atoms with E-state index in [1.54, 1.807) is 0 Å². The van der Waals surface area contributed by atoms with Crippen molar-refractivity contribution in [2.45, 2.75) is 51.2 Å². The van der Waals surface area contributed by atoms with Crippen LogP contribution in [-0.2, 0) is 11.2 Å². The number of nitrogens with one attached hydrogen (secondary N) is 1. The van der Waals surface area contributed by atoms with Gasteiger partial charge in [0, 0.05) is 27.4 Å². The van der Waals surface area contributed by atoms with Crippen molar-refractivity contribution in [3.05, 3.63) is 20.8 Å². The molecular formula is C14H22BrNOS. The summed E-state index contributed by atoms with van der Waals surface area (Å²) in [6.45, 7) is 6.34. The molecule has 0 saturated carbocycles. The maximum absolute atomic E-state index is 6.09. The third kappa shape index (κ3) is 3.56. The largest absolute Gasteiger partial charge is 0.374 e. The van der Waals surface area contributed by atoms with Gasteiger partial charge in [-0.25, -0.2) is 0 Å². The van der Waals surface area contributed by atoms with E-state index in [0.29, 0.717) is 6.04 Å². The molecule has 1 aromatic rings. The summed E-state index contributed by atoms with van der Waals surface area (Å²) >= 11 is 5.35. The Morgan fingerprint density at radius 2 is 2.39 bits per heavy atom. The maximum atomic E-state index is 6.09. The molecule has 2 heterocycles. The molecule has 2 nitrogen and oxygen atoms in total. The van der Waals surface area contributed by atoms with Crippen molar-refractivity contribution < 1.29 is 4.74 Å². The van der Waals surface area contributed by atoms with E-state index >= 15 is 0 Å². The standard InChI is InChI=1S/C14H22BrNOS/c1-3-16-13(9-12-8-11(15)10-18-12)14(2)6-4-5-7-17-14/h8,10,13,16H,3-7,9H2,1-2H3. The van der Waals surface area contributed by atoms with Gasteiger partial charge in [0.2, 0.25) is 0 Å². The van der Waals surface area contributed by atoms with Gasteiger partial charge >= 0.3 is 0 Å². The van der Waals surface area contributed by atoms with Crippen molar-refractivity contribution in [1.29, 1.82) is 0 Å². The summed E-state index contributed by atoms with van der Waals surface area (Å²) in [5.41, 5.74) is -0.00920. The van der Waals surface area contributed by atoms with E-state index in [2.05, 4.69) is 46.5 Å². The Morgan fingerprint density at radius 1 is 1.56 bits per heavy atom. The molecule has 1 aliphatic heterocycles. The van der Waals surface area contributed by atoms with Gasteiger partial charge in [0.25, 0.3) is 0 Å². The van der Waals surface area contributed by atoms with Gasteiger partial charge < -0.3 is 10.1 Å². The molecule has 102 valence electrons. The van der Waals surface area contributed by atoms with E-state index in [1.807, 2.05) is 11.3 Å². The van der Waals surface area contributed by atoms with Crippen LogP contribution in [0.25, 0.3) is 0 Å². The first-order valence-electron chi connectivity index (χ1n) is 6.74. The Bertz CT molecular complexity index is 374. The predicted octanol–water partition coefficient (Wildman–Crippen LogP) is 3.99. The third-order valence-electron chi connectivity index (χ3n) is 3.71. The van der Waals surface area contributed by atoms with Gasteiger partial charge in [0.15, 0.2) is 0 Å². The molecule has 2 unspecified atom stereocenters. The minimum atomic E-state index is -0.00920. The minimum Gasteiger partial charge on any atom is -0.374 e. The molecule has 1 aromatic heterocycles. The molecule has 0 bridgehead atoms. The molecule has 0 aromatic carbocycles.